The molecule has 1 aliphatic heterocycles. The summed E-state index contributed by atoms with van der Waals surface area (Å²) >= 11 is 0. The molecule has 0 atom stereocenters. The number of hydrogen-bond acceptors (Lipinski definition) is 4. The molecule has 0 unspecified atom stereocenters. The standard InChI is InChI=1S/C15H16F5N3O2/c16-14(17)3-5-23(6-4-14)12-10(11(21)24)7-9(8-1-2-8)13(22-12)25-15(18,19)20/h7-8H,1-6H2,(H2,21,24). The number of piperidine rings is 1. The number of hydrogen-bond donors (Lipinski definition) is 1. The van der Waals surface area contributed by atoms with Crippen molar-refractivity contribution in [3.63, 3.8) is 0 Å². The van der Waals surface area contributed by atoms with Gasteiger partial charge in [-0.25, -0.2) is 8.78 Å². The van der Waals surface area contributed by atoms with Gasteiger partial charge in [0.15, 0.2) is 0 Å². The molecule has 25 heavy (non-hydrogen) atoms. The fraction of sp³-hybridized carbons (Fsp3) is 0.600. The lowest BCUT2D eigenvalue weighted by molar-refractivity contribution is -0.276. The first kappa shape index (κ1) is 17.7. The Morgan fingerprint density at radius 1 is 1.28 bits per heavy atom. The Morgan fingerprint density at radius 3 is 2.36 bits per heavy atom. The summed E-state index contributed by atoms with van der Waals surface area (Å²) in [6.07, 6.45) is -4.59. The van der Waals surface area contributed by atoms with Gasteiger partial charge in [-0.2, -0.15) is 4.98 Å². The van der Waals surface area contributed by atoms with Crippen molar-refractivity contribution in [1.82, 2.24) is 4.98 Å². The van der Waals surface area contributed by atoms with E-state index < -0.39 is 36.9 Å². The van der Waals surface area contributed by atoms with E-state index in [9.17, 15) is 26.7 Å². The third kappa shape index (κ3) is 4.10. The smallest absolute Gasteiger partial charge is 0.387 e. The number of primary amides is 1. The molecule has 1 amide bonds. The van der Waals surface area contributed by atoms with Crippen molar-refractivity contribution in [3.05, 3.63) is 17.2 Å². The Labute approximate surface area is 139 Å². The van der Waals surface area contributed by atoms with Gasteiger partial charge in [0.05, 0.1) is 5.56 Å². The molecule has 5 nitrogen and oxygen atoms in total. The number of aromatic nitrogens is 1. The van der Waals surface area contributed by atoms with Crippen LogP contribution in [0.1, 0.15) is 47.5 Å². The Bertz CT molecular complexity index is 678. The molecule has 2 heterocycles. The van der Waals surface area contributed by atoms with Crippen LogP contribution in [-0.4, -0.2) is 36.3 Å². The summed E-state index contributed by atoms with van der Waals surface area (Å²) in [4.78, 5) is 16.9. The Morgan fingerprint density at radius 2 is 1.88 bits per heavy atom. The molecule has 2 fully saturated rings. The van der Waals surface area contributed by atoms with Crippen LogP contribution in [0.5, 0.6) is 5.88 Å². The van der Waals surface area contributed by atoms with Crippen LogP contribution in [0.15, 0.2) is 6.07 Å². The number of ether oxygens (including phenoxy) is 1. The summed E-state index contributed by atoms with van der Waals surface area (Å²) in [7, 11) is 0. The van der Waals surface area contributed by atoms with Crippen LogP contribution in [0.4, 0.5) is 27.8 Å². The molecular weight excluding hydrogens is 349 g/mol. The number of carbonyl (C=O) groups excluding carboxylic acids is 1. The highest BCUT2D eigenvalue weighted by molar-refractivity contribution is 5.98. The monoisotopic (exact) mass is 365 g/mol. The van der Waals surface area contributed by atoms with Crippen molar-refractivity contribution < 1.29 is 31.5 Å². The van der Waals surface area contributed by atoms with Gasteiger partial charge in [-0.15, -0.1) is 13.2 Å². The number of pyridine rings is 1. The molecule has 10 heteroatoms. The van der Waals surface area contributed by atoms with Crippen LogP contribution in [0.3, 0.4) is 0 Å². The van der Waals surface area contributed by atoms with Crippen molar-refractivity contribution in [3.8, 4) is 5.88 Å². The van der Waals surface area contributed by atoms with E-state index in [0.29, 0.717) is 12.8 Å². The van der Waals surface area contributed by atoms with Crippen molar-refractivity contribution >= 4 is 11.7 Å². The number of halogens is 5. The minimum absolute atomic E-state index is 0.0818. The second kappa shape index (κ2) is 5.99. The molecule has 3 rings (SSSR count). The summed E-state index contributed by atoms with van der Waals surface area (Å²) in [5.41, 5.74) is 5.41. The summed E-state index contributed by atoms with van der Waals surface area (Å²) in [6.45, 7) is -0.289. The quantitative estimate of drug-likeness (QED) is 0.832. The third-order valence-electron chi connectivity index (χ3n) is 4.28. The maximum atomic E-state index is 13.3. The molecule has 0 spiro atoms. The zero-order valence-corrected chi connectivity index (χ0v) is 13.1. The van der Waals surface area contributed by atoms with Crippen LogP contribution < -0.4 is 15.4 Å². The molecule has 0 bridgehead atoms. The van der Waals surface area contributed by atoms with Crippen LogP contribution in [0, 0.1) is 0 Å². The normalized spacial score (nSPS) is 20.4. The molecule has 2 aliphatic rings. The first-order chi connectivity index (χ1) is 11.6. The largest absolute Gasteiger partial charge is 0.574 e. The van der Waals surface area contributed by atoms with Crippen molar-refractivity contribution in [1.29, 1.82) is 0 Å². The fourth-order valence-electron chi connectivity index (χ4n) is 2.85. The zero-order valence-electron chi connectivity index (χ0n) is 13.1. The average Bonchev–Trinajstić information content (AvgIpc) is 3.29. The van der Waals surface area contributed by atoms with E-state index in [1.165, 1.54) is 11.0 Å². The molecule has 2 N–H and O–H groups in total. The molecule has 1 saturated carbocycles. The highest BCUT2D eigenvalue weighted by Crippen LogP contribution is 2.46. The molecule has 0 radical (unpaired) electrons. The molecule has 0 aromatic carbocycles. The first-order valence-electron chi connectivity index (χ1n) is 7.79. The number of rotatable bonds is 4. The second-order valence-electron chi connectivity index (χ2n) is 6.28. The van der Waals surface area contributed by atoms with E-state index in [2.05, 4.69) is 9.72 Å². The maximum Gasteiger partial charge on any atom is 0.574 e. The molecule has 1 aromatic heterocycles. The van der Waals surface area contributed by atoms with Gasteiger partial charge in [0, 0.05) is 31.5 Å². The third-order valence-corrected chi connectivity index (χ3v) is 4.28. The predicted molar refractivity (Wildman–Crippen MR) is 77.8 cm³/mol. The molecule has 138 valence electrons. The molecule has 1 aromatic rings. The van der Waals surface area contributed by atoms with Crippen LogP contribution in [0.25, 0.3) is 0 Å². The average molecular weight is 365 g/mol. The highest BCUT2D eigenvalue weighted by Gasteiger charge is 2.39. The second-order valence-corrected chi connectivity index (χ2v) is 6.28. The van der Waals surface area contributed by atoms with E-state index in [1.807, 2.05) is 0 Å². The van der Waals surface area contributed by atoms with Gasteiger partial charge in [0.25, 0.3) is 11.8 Å². The first-order valence-corrected chi connectivity index (χ1v) is 7.79. The Hall–Kier alpha value is -2.13. The van der Waals surface area contributed by atoms with Crippen molar-refractivity contribution in [2.75, 3.05) is 18.0 Å². The van der Waals surface area contributed by atoms with E-state index in [1.54, 1.807) is 0 Å². The van der Waals surface area contributed by atoms with Gasteiger partial charge in [0.1, 0.15) is 5.82 Å². The van der Waals surface area contributed by atoms with Gasteiger partial charge < -0.3 is 15.4 Å². The molecule has 1 aliphatic carbocycles. The minimum atomic E-state index is -4.95. The highest BCUT2D eigenvalue weighted by atomic mass is 19.4. The maximum absolute atomic E-state index is 13.3. The van der Waals surface area contributed by atoms with Gasteiger partial charge in [-0.3, -0.25) is 4.79 Å². The lowest BCUT2D eigenvalue weighted by Crippen LogP contribution is -2.41. The number of carbonyl (C=O) groups is 1. The number of nitrogens with zero attached hydrogens (tertiary/aromatic N) is 2. The summed E-state index contributed by atoms with van der Waals surface area (Å²) < 4.78 is 68.7. The minimum Gasteiger partial charge on any atom is -0.387 e. The van der Waals surface area contributed by atoms with E-state index in [0.717, 1.165) is 0 Å². The topological polar surface area (TPSA) is 68.5 Å². The SMILES string of the molecule is NC(=O)c1cc(C2CC2)c(OC(F)(F)F)nc1N1CCC(F)(F)CC1. The van der Waals surface area contributed by atoms with Crippen LogP contribution in [-0.2, 0) is 0 Å². The Kier molecular flexibility index (Phi) is 4.24. The van der Waals surface area contributed by atoms with Crippen molar-refractivity contribution in [2.24, 2.45) is 5.73 Å². The summed E-state index contributed by atoms with van der Waals surface area (Å²) in [5.74, 6) is -4.69. The van der Waals surface area contributed by atoms with Gasteiger partial charge in [-0.1, -0.05) is 0 Å². The zero-order chi connectivity index (χ0) is 18.4. The number of amides is 1. The predicted octanol–water partition coefficient (Wildman–Crippen LogP) is 3.19. The summed E-state index contributed by atoms with van der Waals surface area (Å²) in [6, 6.07) is 1.25. The number of anilines is 1. The van der Waals surface area contributed by atoms with Gasteiger partial charge >= 0.3 is 6.36 Å². The number of nitrogens with two attached hydrogens (primary N) is 1. The fourth-order valence-corrected chi connectivity index (χ4v) is 2.85. The lowest BCUT2D eigenvalue weighted by atomic mass is 10.0. The van der Waals surface area contributed by atoms with E-state index in [4.69, 9.17) is 5.73 Å². The lowest BCUT2D eigenvalue weighted by Gasteiger charge is -2.33. The summed E-state index contributed by atoms with van der Waals surface area (Å²) in [5, 5.41) is 0. The Balaban J connectivity index is 2.00. The van der Waals surface area contributed by atoms with E-state index >= 15 is 0 Å². The van der Waals surface area contributed by atoms with Crippen molar-refractivity contribution in [2.45, 2.75) is 43.9 Å². The van der Waals surface area contributed by atoms with E-state index in [-0.39, 0.29) is 36.0 Å². The van der Waals surface area contributed by atoms with Gasteiger partial charge in [0.2, 0.25) is 5.88 Å². The molecular formula is C15H16F5N3O2. The van der Waals surface area contributed by atoms with Gasteiger partial charge in [-0.05, 0) is 24.8 Å². The number of alkyl halides is 5. The van der Waals surface area contributed by atoms with Crippen LogP contribution in [0.2, 0.25) is 0 Å². The molecule has 1 saturated heterocycles. The van der Waals surface area contributed by atoms with Crippen LogP contribution >= 0.6 is 0 Å².